The lowest BCUT2D eigenvalue weighted by atomic mass is 10.1. The van der Waals surface area contributed by atoms with Gasteiger partial charge in [-0.3, -0.25) is 0 Å². The molecule has 3 heterocycles. The molecular weight excluding hydrogens is 442 g/mol. The number of aromatic nitrogens is 3. The average Bonchev–Trinajstić information content (AvgIpc) is 3.48. The third-order valence-electron chi connectivity index (χ3n) is 6.77. The van der Waals surface area contributed by atoms with Gasteiger partial charge in [0.2, 0.25) is 0 Å². The number of nitriles is 2. The molecule has 0 bridgehead atoms. The summed E-state index contributed by atoms with van der Waals surface area (Å²) in [7, 11) is 0. The van der Waals surface area contributed by atoms with E-state index in [2.05, 4.69) is 53.1 Å². The van der Waals surface area contributed by atoms with Gasteiger partial charge in [-0.05, 0) is 48.5 Å². The van der Waals surface area contributed by atoms with Gasteiger partial charge in [0, 0.05) is 21.7 Å². The molecule has 3 aromatic heterocycles. The maximum atomic E-state index is 9.57. The number of benzene rings is 4. The highest BCUT2D eigenvalue weighted by Crippen LogP contribution is 2.39. The molecule has 36 heavy (non-hydrogen) atoms. The zero-order valence-corrected chi connectivity index (χ0v) is 19.1. The third kappa shape index (κ3) is 2.78. The molecule has 0 aliphatic carbocycles. The number of para-hydroxylation sites is 1. The Hall–Kier alpha value is -5.39. The Bertz CT molecular complexity index is 1990. The zero-order valence-electron chi connectivity index (χ0n) is 19.1. The summed E-state index contributed by atoms with van der Waals surface area (Å²) in [6.07, 6.45) is 0. The van der Waals surface area contributed by atoms with Crippen LogP contribution in [0.5, 0.6) is 0 Å². The average molecular weight is 460 g/mol. The van der Waals surface area contributed by atoms with E-state index in [1.165, 1.54) is 0 Å². The van der Waals surface area contributed by atoms with Gasteiger partial charge in [0.1, 0.15) is 11.4 Å². The maximum absolute atomic E-state index is 9.57. The van der Waals surface area contributed by atoms with Gasteiger partial charge >= 0.3 is 0 Å². The van der Waals surface area contributed by atoms with Crippen LogP contribution in [0, 0.1) is 22.7 Å². The minimum absolute atomic E-state index is 0.582. The molecule has 7 rings (SSSR count). The number of pyridine rings is 1. The van der Waals surface area contributed by atoms with Crippen molar-refractivity contribution in [3.8, 4) is 29.1 Å². The van der Waals surface area contributed by atoms with Crippen LogP contribution in [0.15, 0.2) is 103 Å². The van der Waals surface area contributed by atoms with Gasteiger partial charge in [-0.2, -0.15) is 15.6 Å². The SMILES string of the molecule is N#Cc1ccc2c(c1)c1cc(C#N)ccc1n2-c1c(-c2ccccc2)nn2c1ccc1ccccc12. The first-order chi connectivity index (χ1) is 17.8. The Morgan fingerprint density at radius 1 is 0.583 bits per heavy atom. The molecule has 0 saturated heterocycles. The van der Waals surface area contributed by atoms with E-state index < -0.39 is 0 Å². The lowest BCUT2D eigenvalue weighted by molar-refractivity contribution is 1.01. The lowest BCUT2D eigenvalue weighted by Crippen LogP contribution is -1.96. The van der Waals surface area contributed by atoms with Crippen LogP contribution in [-0.2, 0) is 0 Å². The maximum Gasteiger partial charge on any atom is 0.117 e. The summed E-state index contributed by atoms with van der Waals surface area (Å²) in [5.74, 6) is 0. The molecule has 0 aliphatic heterocycles. The van der Waals surface area contributed by atoms with Crippen LogP contribution in [0.2, 0.25) is 0 Å². The van der Waals surface area contributed by atoms with Crippen LogP contribution in [0.25, 0.3) is 55.2 Å². The molecule has 0 radical (unpaired) electrons. The molecule has 0 amide bonds. The Balaban J connectivity index is 1.70. The fourth-order valence-electron chi connectivity index (χ4n) is 5.16. The van der Waals surface area contributed by atoms with E-state index in [9.17, 15) is 10.5 Å². The number of hydrogen-bond donors (Lipinski definition) is 0. The van der Waals surface area contributed by atoms with E-state index >= 15 is 0 Å². The summed E-state index contributed by atoms with van der Waals surface area (Å²) in [6, 6.07) is 38.6. The molecule has 7 aromatic rings. The predicted octanol–water partition coefficient (Wildman–Crippen LogP) is 6.99. The van der Waals surface area contributed by atoms with Crippen molar-refractivity contribution in [2.24, 2.45) is 0 Å². The van der Waals surface area contributed by atoms with Gasteiger partial charge in [-0.1, -0.05) is 54.6 Å². The topological polar surface area (TPSA) is 69.8 Å². The highest BCUT2D eigenvalue weighted by atomic mass is 15.3. The standard InChI is InChI=1S/C31H17N5/c32-18-20-10-13-27-24(16-20)25-17-21(19-33)11-14-28(25)35(27)31-29-15-12-22-6-4-5-9-26(22)36(29)34-30(31)23-7-2-1-3-8-23/h1-17H. The van der Waals surface area contributed by atoms with Crippen molar-refractivity contribution in [1.29, 1.82) is 10.5 Å². The first-order valence-electron chi connectivity index (χ1n) is 11.6. The van der Waals surface area contributed by atoms with Crippen LogP contribution < -0.4 is 0 Å². The second kappa shape index (κ2) is 7.56. The lowest BCUT2D eigenvalue weighted by Gasteiger charge is -2.10. The number of rotatable bonds is 2. The summed E-state index contributed by atoms with van der Waals surface area (Å²) in [5.41, 5.74) is 7.91. The number of nitrogens with zero attached hydrogens (tertiary/aromatic N) is 5. The third-order valence-corrected chi connectivity index (χ3v) is 6.77. The molecule has 0 fully saturated rings. The second-order valence-corrected chi connectivity index (χ2v) is 8.78. The Labute approximate surface area is 206 Å². The van der Waals surface area contributed by atoms with E-state index in [4.69, 9.17) is 5.10 Å². The molecular formula is C31H17N5. The summed E-state index contributed by atoms with van der Waals surface area (Å²) in [5, 5.41) is 27.3. The molecule has 0 aliphatic rings. The van der Waals surface area contributed by atoms with Gasteiger partial charge in [-0.15, -0.1) is 0 Å². The second-order valence-electron chi connectivity index (χ2n) is 8.78. The molecule has 0 N–H and O–H groups in total. The Kier molecular flexibility index (Phi) is 4.21. The van der Waals surface area contributed by atoms with Gasteiger partial charge in [0.25, 0.3) is 0 Å². The largest absolute Gasteiger partial charge is 0.305 e. The van der Waals surface area contributed by atoms with Crippen molar-refractivity contribution in [3.05, 3.63) is 114 Å². The predicted molar refractivity (Wildman–Crippen MR) is 142 cm³/mol. The molecule has 4 aromatic carbocycles. The highest BCUT2D eigenvalue weighted by Gasteiger charge is 2.22. The van der Waals surface area contributed by atoms with E-state index in [-0.39, 0.29) is 0 Å². The van der Waals surface area contributed by atoms with Crippen LogP contribution in [0.3, 0.4) is 0 Å². The van der Waals surface area contributed by atoms with Gasteiger partial charge in [0.05, 0.1) is 45.3 Å². The van der Waals surface area contributed by atoms with E-state index in [1.54, 1.807) is 0 Å². The summed E-state index contributed by atoms with van der Waals surface area (Å²) in [4.78, 5) is 0. The first kappa shape index (κ1) is 20.0. The normalized spacial score (nSPS) is 11.3. The zero-order chi connectivity index (χ0) is 24.2. The van der Waals surface area contributed by atoms with E-state index in [0.29, 0.717) is 11.1 Å². The van der Waals surface area contributed by atoms with Crippen molar-refractivity contribution in [2.75, 3.05) is 0 Å². The quantitative estimate of drug-likeness (QED) is 0.280. The van der Waals surface area contributed by atoms with Crippen molar-refractivity contribution in [3.63, 3.8) is 0 Å². The van der Waals surface area contributed by atoms with Crippen LogP contribution in [-0.4, -0.2) is 14.2 Å². The molecule has 5 heteroatoms. The Morgan fingerprint density at radius 2 is 1.19 bits per heavy atom. The summed E-state index contributed by atoms with van der Waals surface area (Å²) >= 11 is 0. The van der Waals surface area contributed by atoms with Gasteiger partial charge in [0.15, 0.2) is 0 Å². The molecule has 166 valence electrons. The van der Waals surface area contributed by atoms with E-state index in [1.807, 2.05) is 71.2 Å². The fourth-order valence-corrected chi connectivity index (χ4v) is 5.16. The van der Waals surface area contributed by atoms with Crippen LogP contribution in [0.1, 0.15) is 11.1 Å². The molecule has 0 unspecified atom stereocenters. The monoisotopic (exact) mass is 459 g/mol. The minimum atomic E-state index is 0.582. The fraction of sp³-hybridized carbons (Fsp3) is 0. The number of hydrogen-bond acceptors (Lipinski definition) is 3. The summed E-state index contributed by atoms with van der Waals surface area (Å²) < 4.78 is 4.23. The molecule has 0 atom stereocenters. The highest BCUT2D eigenvalue weighted by molar-refractivity contribution is 6.11. The van der Waals surface area contributed by atoms with Gasteiger partial charge in [-0.25, -0.2) is 4.52 Å². The smallest absolute Gasteiger partial charge is 0.117 e. The molecule has 0 spiro atoms. The van der Waals surface area contributed by atoms with Crippen molar-refractivity contribution in [2.45, 2.75) is 0 Å². The summed E-state index contributed by atoms with van der Waals surface area (Å²) in [6.45, 7) is 0. The molecule has 5 nitrogen and oxygen atoms in total. The molecule has 0 saturated carbocycles. The van der Waals surface area contributed by atoms with Crippen molar-refractivity contribution >= 4 is 38.2 Å². The van der Waals surface area contributed by atoms with Crippen molar-refractivity contribution in [1.82, 2.24) is 14.2 Å². The number of fused-ring (bicyclic) bond motifs is 6. The Morgan fingerprint density at radius 3 is 1.86 bits per heavy atom. The minimum Gasteiger partial charge on any atom is -0.305 e. The van der Waals surface area contributed by atoms with Crippen molar-refractivity contribution < 1.29 is 0 Å². The van der Waals surface area contributed by atoms with Gasteiger partial charge < -0.3 is 4.57 Å². The first-order valence-corrected chi connectivity index (χ1v) is 11.6. The van der Waals surface area contributed by atoms with E-state index in [0.717, 1.165) is 55.2 Å². The van der Waals surface area contributed by atoms with Crippen LogP contribution >= 0.6 is 0 Å². The van der Waals surface area contributed by atoms with Crippen LogP contribution in [0.4, 0.5) is 0 Å².